The molecule has 4 rings (SSSR count). The van der Waals surface area contributed by atoms with Gasteiger partial charge in [-0.2, -0.15) is 0 Å². The summed E-state index contributed by atoms with van der Waals surface area (Å²) >= 11 is 0. The summed E-state index contributed by atoms with van der Waals surface area (Å²) in [5.74, 6) is 1.47. The Bertz CT molecular complexity index is 993. The molecule has 31 heavy (non-hydrogen) atoms. The molecule has 0 fully saturated rings. The van der Waals surface area contributed by atoms with Gasteiger partial charge in [-0.3, -0.25) is 0 Å². The largest absolute Gasteiger partial charge is 0.497 e. The van der Waals surface area contributed by atoms with Crippen molar-refractivity contribution < 1.29 is 9.47 Å². The Hall–Kier alpha value is -2.62. The molecule has 1 aliphatic rings. The molecular formula is C28H33NO2. The quantitative estimate of drug-likeness (QED) is 0.456. The van der Waals surface area contributed by atoms with Gasteiger partial charge in [0, 0.05) is 7.11 Å². The molecule has 1 aliphatic carbocycles. The van der Waals surface area contributed by atoms with E-state index in [0.717, 1.165) is 18.7 Å². The fraction of sp³-hybridized carbons (Fsp3) is 0.357. The highest BCUT2D eigenvalue weighted by Crippen LogP contribution is 2.40. The lowest BCUT2D eigenvalue weighted by molar-refractivity contribution is 0.0343. The summed E-state index contributed by atoms with van der Waals surface area (Å²) in [6, 6.07) is 24.0. The van der Waals surface area contributed by atoms with Gasteiger partial charge in [0.05, 0.1) is 13.2 Å². The van der Waals surface area contributed by atoms with E-state index in [9.17, 15) is 0 Å². The number of nitrogens with zero attached hydrogens (tertiary/aromatic N) is 1. The number of benzene rings is 3. The van der Waals surface area contributed by atoms with Gasteiger partial charge < -0.3 is 14.4 Å². The van der Waals surface area contributed by atoms with E-state index >= 15 is 0 Å². The number of ether oxygens (including phenoxy) is 2. The van der Waals surface area contributed by atoms with Crippen LogP contribution in [0.1, 0.15) is 30.1 Å². The van der Waals surface area contributed by atoms with Crippen LogP contribution < -0.4 is 4.74 Å². The Kier molecular flexibility index (Phi) is 6.74. The minimum absolute atomic E-state index is 0.204. The Balaban J connectivity index is 1.53. The summed E-state index contributed by atoms with van der Waals surface area (Å²) in [5.41, 5.74) is 7.75. The van der Waals surface area contributed by atoms with Crippen LogP contribution in [0.5, 0.6) is 5.75 Å². The molecule has 0 aliphatic heterocycles. The van der Waals surface area contributed by atoms with Gasteiger partial charge in [-0.25, -0.2) is 0 Å². The minimum Gasteiger partial charge on any atom is -0.497 e. The van der Waals surface area contributed by atoms with Crippen molar-refractivity contribution in [2.24, 2.45) is 5.92 Å². The number of hydrogen-bond donors (Lipinski definition) is 0. The molecule has 162 valence electrons. The lowest BCUT2D eigenvalue weighted by Crippen LogP contribution is -2.26. The second-order valence-corrected chi connectivity index (χ2v) is 8.77. The van der Waals surface area contributed by atoms with E-state index < -0.39 is 0 Å². The molecule has 0 aromatic heterocycles. The number of hydrogen-bond acceptors (Lipinski definition) is 3. The Morgan fingerprint density at radius 2 is 1.39 bits per heavy atom. The monoisotopic (exact) mass is 415 g/mol. The fourth-order valence-electron chi connectivity index (χ4n) is 4.70. The highest BCUT2D eigenvalue weighted by molar-refractivity contribution is 5.71. The molecule has 0 amide bonds. The zero-order valence-corrected chi connectivity index (χ0v) is 19.1. The van der Waals surface area contributed by atoms with Crippen LogP contribution in [0.2, 0.25) is 0 Å². The predicted molar refractivity (Wildman–Crippen MR) is 129 cm³/mol. The van der Waals surface area contributed by atoms with Crippen LogP contribution in [-0.4, -0.2) is 39.8 Å². The van der Waals surface area contributed by atoms with E-state index in [0.29, 0.717) is 5.92 Å². The van der Waals surface area contributed by atoms with Gasteiger partial charge in [-0.15, -0.1) is 0 Å². The SMILES string of the molecule is COc1ccc(-c2ccc(-c3ccc4c(c3)CCC(CCN(C)C)C4OC)cc2)cc1. The third-order valence-corrected chi connectivity index (χ3v) is 6.50. The van der Waals surface area contributed by atoms with Crippen LogP contribution in [0, 0.1) is 5.92 Å². The summed E-state index contributed by atoms with van der Waals surface area (Å²) in [6.45, 7) is 1.11. The van der Waals surface area contributed by atoms with Crippen molar-refractivity contribution in [3.05, 3.63) is 77.9 Å². The van der Waals surface area contributed by atoms with Gasteiger partial charge >= 0.3 is 0 Å². The minimum atomic E-state index is 0.204. The van der Waals surface area contributed by atoms with Crippen LogP contribution in [0.4, 0.5) is 0 Å². The summed E-state index contributed by atoms with van der Waals surface area (Å²) in [6.07, 6.45) is 3.71. The van der Waals surface area contributed by atoms with Gasteiger partial charge in [0.15, 0.2) is 0 Å². The maximum Gasteiger partial charge on any atom is 0.118 e. The third-order valence-electron chi connectivity index (χ3n) is 6.50. The third kappa shape index (κ3) is 4.84. The van der Waals surface area contributed by atoms with E-state index in [2.05, 4.69) is 73.6 Å². The van der Waals surface area contributed by atoms with Gasteiger partial charge in [0.2, 0.25) is 0 Å². The lowest BCUT2D eigenvalue weighted by atomic mass is 9.78. The first-order valence-electron chi connectivity index (χ1n) is 11.1. The molecule has 3 aromatic rings. The van der Waals surface area contributed by atoms with Crippen molar-refractivity contribution in [3.8, 4) is 28.0 Å². The highest BCUT2D eigenvalue weighted by atomic mass is 16.5. The molecule has 0 saturated carbocycles. The summed E-state index contributed by atoms with van der Waals surface area (Å²) in [4.78, 5) is 2.26. The molecular weight excluding hydrogens is 382 g/mol. The zero-order valence-electron chi connectivity index (χ0n) is 19.1. The highest BCUT2D eigenvalue weighted by Gasteiger charge is 2.29. The maximum absolute atomic E-state index is 5.96. The van der Waals surface area contributed by atoms with Crippen molar-refractivity contribution in [3.63, 3.8) is 0 Å². The van der Waals surface area contributed by atoms with Crippen molar-refractivity contribution in [2.45, 2.75) is 25.4 Å². The van der Waals surface area contributed by atoms with Crippen molar-refractivity contribution in [1.82, 2.24) is 4.90 Å². The first kappa shape index (κ1) is 21.6. The molecule has 0 bridgehead atoms. The molecule has 0 N–H and O–H groups in total. The molecule has 3 aromatic carbocycles. The van der Waals surface area contributed by atoms with Crippen LogP contribution >= 0.6 is 0 Å². The van der Waals surface area contributed by atoms with E-state index in [1.165, 1.54) is 46.2 Å². The first-order valence-corrected chi connectivity index (χ1v) is 11.1. The van der Waals surface area contributed by atoms with Crippen LogP contribution in [0.25, 0.3) is 22.3 Å². The fourth-order valence-corrected chi connectivity index (χ4v) is 4.70. The molecule has 0 saturated heterocycles. The average Bonchev–Trinajstić information content (AvgIpc) is 2.82. The lowest BCUT2D eigenvalue weighted by Gasteiger charge is -2.33. The van der Waals surface area contributed by atoms with Crippen molar-refractivity contribution in [1.29, 1.82) is 0 Å². The number of fused-ring (bicyclic) bond motifs is 1. The van der Waals surface area contributed by atoms with Gasteiger partial charge in [-0.1, -0.05) is 54.6 Å². The Morgan fingerprint density at radius 3 is 1.97 bits per heavy atom. The first-order chi connectivity index (χ1) is 15.1. The number of aryl methyl sites for hydroxylation is 1. The van der Waals surface area contributed by atoms with E-state index in [1.807, 2.05) is 19.2 Å². The number of rotatable bonds is 7. The van der Waals surface area contributed by atoms with Crippen molar-refractivity contribution >= 4 is 0 Å². The molecule has 0 heterocycles. The molecule has 3 heteroatoms. The smallest absolute Gasteiger partial charge is 0.118 e. The van der Waals surface area contributed by atoms with E-state index in [1.54, 1.807) is 7.11 Å². The van der Waals surface area contributed by atoms with Crippen molar-refractivity contribution in [2.75, 3.05) is 34.9 Å². The van der Waals surface area contributed by atoms with Crippen LogP contribution in [0.3, 0.4) is 0 Å². The van der Waals surface area contributed by atoms with Gasteiger partial charge in [0.25, 0.3) is 0 Å². The molecule has 0 spiro atoms. The Morgan fingerprint density at radius 1 is 0.806 bits per heavy atom. The topological polar surface area (TPSA) is 21.7 Å². The molecule has 0 radical (unpaired) electrons. The second-order valence-electron chi connectivity index (χ2n) is 8.77. The van der Waals surface area contributed by atoms with E-state index in [4.69, 9.17) is 9.47 Å². The molecule has 3 nitrogen and oxygen atoms in total. The van der Waals surface area contributed by atoms with Crippen LogP contribution in [-0.2, 0) is 11.2 Å². The van der Waals surface area contributed by atoms with E-state index in [-0.39, 0.29) is 6.10 Å². The summed E-state index contributed by atoms with van der Waals surface area (Å²) in [7, 11) is 7.84. The summed E-state index contributed by atoms with van der Waals surface area (Å²) in [5, 5.41) is 0. The normalized spacial score (nSPS) is 18.1. The predicted octanol–water partition coefficient (Wildman–Crippen LogP) is 6.23. The number of methoxy groups -OCH3 is 2. The standard InChI is InChI=1S/C28H33NO2/c1-29(2)18-17-23-9-10-25-19-24(13-16-27(25)28(23)31-4)22-7-5-20(6-8-22)21-11-14-26(30-3)15-12-21/h5-8,11-16,19,23,28H,9-10,17-18H2,1-4H3. The van der Waals surface area contributed by atoms with Gasteiger partial charge in [-0.05, 0) is 91.3 Å². The second kappa shape index (κ2) is 9.67. The summed E-state index contributed by atoms with van der Waals surface area (Å²) < 4.78 is 11.2. The Labute approximate surface area is 186 Å². The average molecular weight is 416 g/mol. The zero-order chi connectivity index (χ0) is 21.8. The maximum atomic E-state index is 5.96. The van der Waals surface area contributed by atoms with Gasteiger partial charge in [0.1, 0.15) is 5.75 Å². The molecule has 2 atom stereocenters. The molecule has 2 unspecified atom stereocenters. The van der Waals surface area contributed by atoms with Crippen LogP contribution in [0.15, 0.2) is 66.7 Å².